The summed E-state index contributed by atoms with van der Waals surface area (Å²) >= 11 is 0. The van der Waals surface area contributed by atoms with Crippen LogP contribution in [-0.4, -0.2) is 57.5 Å². The third kappa shape index (κ3) is 7.55. The van der Waals surface area contributed by atoms with Crippen LogP contribution in [0.3, 0.4) is 0 Å². The molecule has 38 heavy (non-hydrogen) atoms. The van der Waals surface area contributed by atoms with Crippen molar-refractivity contribution in [1.82, 2.24) is 10.6 Å². The largest absolute Gasteiger partial charge is 0.420 e. The van der Waals surface area contributed by atoms with Gasteiger partial charge in [0.2, 0.25) is 0 Å². The Morgan fingerprint density at radius 2 is 1.68 bits per heavy atom. The number of aliphatic hydroxyl groups excluding tert-OH is 1. The summed E-state index contributed by atoms with van der Waals surface area (Å²) in [6.45, 7) is 0.377. The fraction of sp³-hybridized carbons (Fsp3) is 0.391. The predicted molar refractivity (Wildman–Crippen MR) is 126 cm³/mol. The molecule has 0 aliphatic heterocycles. The number of nitrogens with one attached hydrogen (secondary N) is 3. The Morgan fingerprint density at radius 1 is 1.11 bits per heavy atom. The summed E-state index contributed by atoms with van der Waals surface area (Å²) in [7, 11) is 2.67. The molecule has 0 heterocycles. The van der Waals surface area contributed by atoms with Crippen LogP contribution >= 0.6 is 0 Å². The molecule has 2 rings (SSSR count). The minimum atomic E-state index is -5.39. The van der Waals surface area contributed by atoms with Gasteiger partial charge in [-0.15, -0.1) is 0 Å². The van der Waals surface area contributed by atoms with E-state index in [-0.39, 0.29) is 24.8 Å². The Morgan fingerprint density at radius 3 is 2.18 bits per heavy atom. The van der Waals surface area contributed by atoms with Gasteiger partial charge in [0.25, 0.3) is 0 Å². The van der Waals surface area contributed by atoms with Gasteiger partial charge in [-0.3, -0.25) is 15.6 Å². The third-order valence-electron chi connectivity index (χ3n) is 5.34. The Kier molecular flexibility index (Phi) is 10.1. The van der Waals surface area contributed by atoms with E-state index in [1.807, 2.05) is 0 Å². The van der Waals surface area contributed by atoms with E-state index in [1.54, 1.807) is 7.05 Å². The Bertz CT molecular complexity index is 1120. The van der Waals surface area contributed by atoms with Gasteiger partial charge in [-0.2, -0.15) is 26.3 Å². The van der Waals surface area contributed by atoms with Gasteiger partial charge in [-0.25, -0.2) is 9.18 Å². The van der Waals surface area contributed by atoms with Crippen molar-refractivity contribution in [3.63, 3.8) is 0 Å². The second-order valence-corrected chi connectivity index (χ2v) is 8.10. The first-order valence-electron chi connectivity index (χ1n) is 11.0. The molecule has 0 radical (unpaired) electrons. The maximum atomic E-state index is 14.0. The van der Waals surface area contributed by atoms with E-state index in [0.29, 0.717) is 11.2 Å². The van der Waals surface area contributed by atoms with E-state index >= 15 is 0 Å². The summed E-state index contributed by atoms with van der Waals surface area (Å²) in [6, 6.07) is 4.10. The summed E-state index contributed by atoms with van der Waals surface area (Å²) in [4.78, 5) is 14.2. The van der Waals surface area contributed by atoms with Gasteiger partial charge in [0.1, 0.15) is 11.4 Å². The summed E-state index contributed by atoms with van der Waals surface area (Å²) < 4.78 is 102. The number of likely N-dealkylation sites (N-methyl/N-ethyl adjacent to an activating group) is 1. The molecule has 1 unspecified atom stereocenters. The van der Waals surface area contributed by atoms with E-state index < -0.39 is 65.2 Å². The van der Waals surface area contributed by atoms with Crippen LogP contribution in [0.15, 0.2) is 30.3 Å². The van der Waals surface area contributed by atoms with Crippen molar-refractivity contribution in [2.75, 3.05) is 43.7 Å². The Hall–Kier alpha value is -3.43. The lowest BCUT2D eigenvalue weighted by molar-refractivity contribution is -0.143. The minimum absolute atomic E-state index is 0.0271. The second kappa shape index (κ2) is 12.4. The van der Waals surface area contributed by atoms with E-state index in [1.165, 1.54) is 0 Å². The zero-order valence-corrected chi connectivity index (χ0v) is 20.5. The zero-order chi connectivity index (χ0) is 28.8. The third-order valence-corrected chi connectivity index (χ3v) is 5.34. The molecule has 4 N–H and O–H groups in total. The maximum absolute atomic E-state index is 14.0. The number of hydrogen-bond acceptors (Lipinski definition) is 6. The lowest BCUT2D eigenvalue weighted by Gasteiger charge is -2.29. The topological polar surface area (TPSA) is 101 Å². The number of carbonyl (C=O) groups excluding carboxylic acids is 1. The molecule has 8 nitrogen and oxygen atoms in total. The number of rotatable bonds is 10. The number of hydrogen-bond donors (Lipinski definition) is 4. The molecular formula is C23H26F7N5O3. The van der Waals surface area contributed by atoms with Gasteiger partial charge in [-0.1, -0.05) is 0 Å². The first-order valence-corrected chi connectivity index (χ1v) is 11.0. The molecule has 0 bridgehead atoms. The number of carbonyl (C=O) groups is 1. The first kappa shape index (κ1) is 30.8. The number of benzene rings is 2. The highest BCUT2D eigenvalue weighted by atomic mass is 19.4. The molecule has 210 valence electrons. The van der Waals surface area contributed by atoms with Crippen molar-refractivity contribution in [3.05, 3.63) is 52.8 Å². The normalized spacial score (nSPS) is 12.7. The number of ether oxygens (including phenoxy) is 1. The quantitative estimate of drug-likeness (QED) is 0.151. The van der Waals surface area contributed by atoms with Crippen molar-refractivity contribution >= 4 is 23.8 Å². The van der Waals surface area contributed by atoms with Crippen molar-refractivity contribution in [3.8, 4) is 5.75 Å². The molecule has 0 fully saturated rings. The summed E-state index contributed by atoms with van der Waals surface area (Å²) in [5.41, 5.74) is -5.08. The maximum Gasteiger partial charge on any atom is 0.420 e. The summed E-state index contributed by atoms with van der Waals surface area (Å²) in [6.07, 6.45) is -12.5. The Balaban J connectivity index is 2.65. The summed E-state index contributed by atoms with van der Waals surface area (Å²) in [5, 5.41) is 22.8. The highest BCUT2D eigenvalue weighted by molar-refractivity contribution is 5.92. The van der Waals surface area contributed by atoms with Crippen molar-refractivity contribution < 1.29 is 45.4 Å². The highest BCUT2D eigenvalue weighted by Crippen LogP contribution is 2.48. The molecule has 0 spiro atoms. The molecule has 0 aromatic heterocycles. The molecule has 0 aliphatic carbocycles. The standard InChI is InChI=1S/C23H26F7N5O3/c1-13-17(22(25,26)27)8-18(23(28,29)30)20(19(13)35(11-31)12-33-10-16(36)9-32-2)38-21(37)34(3)15-6-4-14(24)5-7-15/h4-8,11,16,31-33,36H,9-10,12H2,1-3H3. The fourth-order valence-corrected chi connectivity index (χ4v) is 3.47. The molecule has 0 aliphatic rings. The number of anilines is 2. The van der Waals surface area contributed by atoms with Gasteiger partial charge in [0, 0.05) is 25.8 Å². The van der Waals surface area contributed by atoms with E-state index in [9.17, 15) is 40.6 Å². The first-order chi connectivity index (χ1) is 17.6. The number of aliphatic hydroxyl groups is 1. The number of nitrogens with zero attached hydrogens (tertiary/aromatic N) is 2. The second-order valence-electron chi connectivity index (χ2n) is 8.10. The van der Waals surface area contributed by atoms with Gasteiger partial charge in [0.15, 0.2) is 5.75 Å². The predicted octanol–water partition coefficient (Wildman–Crippen LogP) is 4.35. The van der Waals surface area contributed by atoms with Gasteiger partial charge >= 0.3 is 18.4 Å². The fourth-order valence-electron chi connectivity index (χ4n) is 3.47. The van der Waals surface area contributed by atoms with Crippen LogP contribution in [0, 0.1) is 18.2 Å². The van der Waals surface area contributed by atoms with Crippen molar-refractivity contribution in [1.29, 1.82) is 5.41 Å². The molecule has 15 heteroatoms. The van der Waals surface area contributed by atoms with Crippen LogP contribution in [0.1, 0.15) is 16.7 Å². The lowest BCUT2D eigenvalue weighted by Crippen LogP contribution is -2.41. The van der Waals surface area contributed by atoms with Gasteiger partial charge in [-0.05, 0) is 49.9 Å². The van der Waals surface area contributed by atoms with Crippen LogP contribution in [0.4, 0.5) is 46.9 Å². The molecule has 0 saturated carbocycles. The van der Waals surface area contributed by atoms with Crippen molar-refractivity contribution in [2.45, 2.75) is 25.4 Å². The van der Waals surface area contributed by atoms with Gasteiger partial charge in [0.05, 0.1) is 30.4 Å². The molecule has 2 aromatic carbocycles. The van der Waals surface area contributed by atoms with Crippen LogP contribution in [0.25, 0.3) is 0 Å². The molecule has 2 aromatic rings. The average molecular weight is 553 g/mol. The zero-order valence-electron chi connectivity index (χ0n) is 20.5. The molecule has 0 saturated heterocycles. The molecule has 1 amide bonds. The average Bonchev–Trinajstić information content (AvgIpc) is 2.81. The number of amides is 1. The molecular weight excluding hydrogens is 527 g/mol. The van der Waals surface area contributed by atoms with E-state index in [0.717, 1.165) is 43.1 Å². The van der Waals surface area contributed by atoms with Crippen molar-refractivity contribution in [2.24, 2.45) is 0 Å². The lowest BCUT2D eigenvalue weighted by atomic mass is 9.99. The number of halogens is 7. The van der Waals surface area contributed by atoms with Crippen LogP contribution < -0.4 is 25.2 Å². The number of alkyl halides is 6. The van der Waals surface area contributed by atoms with Crippen LogP contribution in [-0.2, 0) is 12.4 Å². The minimum Gasteiger partial charge on any atom is -0.407 e. The highest BCUT2D eigenvalue weighted by Gasteiger charge is 2.43. The molecule has 1 atom stereocenters. The Labute approximate surface area is 213 Å². The summed E-state index contributed by atoms with van der Waals surface area (Å²) in [5.74, 6) is -1.91. The van der Waals surface area contributed by atoms with Gasteiger partial charge < -0.3 is 20.1 Å². The monoisotopic (exact) mass is 553 g/mol. The van der Waals surface area contributed by atoms with Crippen LogP contribution in [0.2, 0.25) is 0 Å². The smallest absolute Gasteiger partial charge is 0.407 e. The van der Waals surface area contributed by atoms with E-state index in [4.69, 9.17) is 10.1 Å². The van der Waals surface area contributed by atoms with Crippen LogP contribution in [0.5, 0.6) is 5.75 Å². The van der Waals surface area contributed by atoms with E-state index in [2.05, 4.69) is 10.6 Å². The SMILES string of the molecule is CNCC(O)CNCN(C=N)c1c(C)c(C(F)(F)F)cc(C(F)(F)F)c1OC(=O)N(C)c1ccc(F)cc1.